The van der Waals surface area contributed by atoms with Gasteiger partial charge < -0.3 is 9.30 Å². The predicted octanol–water partition coefficient (Wildman–Crippen LogP) is 4.08. The molecule has 0 saturated heterocycles. The number of benzene rings is 1. The second-order valence-corrected chi connectivity index (χ2v) is 5.30. The maximum absolute atomic E-state index is 12.7. The van der Waals surface area contributed by atoms with Crippen LogP contribution in [0, 0.1) is 5.92 Å². The van der Waals surface area contributed by atoms with Crippen LogP contribution in [0.1, 0.15) is 18.3 Å². The van der Waals surface area contributed by atoms with Crippen molar-refractivity contribution in [2.24, 2.45) is 5.92 Å². The van der Waals surface area contributed by atoms with Crippen molar-refractivity contribution in [2.75, 3.05) is 13.7 Å². The van der Waals surface area contributed by atoms with E-state index in [1.807, 2.05) is 11.5 Å². The Balaban J connectivity index is 2.45. The van der Waals surface area contributed by atoms with Gasteiger partial charge in [0.25, 0.3) is 0 Å². The maximum Gasteiger partial charge on any atom is 0.416 e. The molecule has 1 heterocycles. The van der Waals surface area contributed by atoms with E-state index in [0.717, 1.165) is 12.1 Å². The van der Waals surface area contributed by atoms with Gasteiger partial charge in [-0.05, 0) is 24.1 Å². The summed E-state index contributed by atoms with van der Waals surface area (Å²) in [7, 11) is 1.61. The minimum Gasteiger partial charge on any atom is -0.384 e. The molecule has 0 amide bonds. The van der Waals surface area contributed by atoms with E-state index in [1.165, 1.54) is 6.07 Å². The second-order valence-electron chi connectivity index (χ2n) is 5.03. The molecular weight excluding hydrogens is 305 g/mol. The van der Waals surface area contributed by atoms with Crippen LogP contribution < -0.4 is 0 Å². The minimum atomic E-state index is -4.37. The smallest absolute Gasteiger partial charge is 0.384 e. The van der Waals surface area contributed by atoms with E-state index in [0.29, 0.717) is 30.0 Å². The molecule has 0 radical (unpaired) electrons. The molecule has 0 aliphatic heterocycles. The van der Waals surface area contributed by atoms with E-state index in [1.54, 1.807) is 7.11 Å². The van der Waals surface area contributed by atoms with E-state index in [-0.39, 0.29) is 11.8 Å². The van der Waals surface area contributed by atoms with Crippen LogP contribution in [0.5, 0.6) is 0 Å². The highest BCUT2D eigenvalue weighted by atomic mass is 35.5. The van der Waals surface area contributed by atoms with Crippen LogP contribution in [-0.2, 0) is 23.3 Å². The summed E-state index contributed by atoms with van der Waals surface area (Å²) in [5, 5.41) is 0. The number of ether oxygens (including phenoxy) is 1. The van der Waals surface area contributed by atoms with E-state index in [2.05, 4.69) is 4.98 Å². The zero-order chi connectivity index (χ0) is 15.6. The summed E-state index contributed by atoms with van der Waals surface area (Å²) in [6.07, 6.45) is -4.37. The standard InChI is InChI=1S/C14H16ClF3N2O/c1-9(8-21-2)7-20-12-4-3-10(14(16,17)18)5-11(12)19-13(20)6-15/h3-5,9H,6-8H2,1-2H3. The molecule has 116 valence electrons. The molecule has 0 bridgehead atoms. The van der Waals surface area contributed by atoms with E-state index in [9.17, 15) is 13.2 Å². The lowest BCUT2D eigenvalue weighted by molar-refractivity contribution is -0.137. The monoisotopic (exact) mass is 320 g/mol. The fourth-order valence-corrected chi connectivity index (χ4v) is 2.51. The van der Waals surface area contributed by atoms with Gasteiger partial charge >= 0.3 is 6.18 Å². The topological polar surface area (TPSA) is 27.1 Å². The zero-order valence-electron chi connectivity index (χ0n) is 11.7. The number of fused-ring (bicyclic) bond motifs is 1. The van der Waals surface area contributed by atoms with Gasteiger partial charge in [-0.25, -0.2) is 4.98 Å². The average molecular weight is 321 g/mol. The van der Waals surface area contributed by atoms with Crippen molar-refractivity contribution in [3.8, 4) is 0 Å². The molecule has 0 saturated carbocycles. The quantitative estimate of drug-likeness (QED) is 0.776. The lowest BCUT2D eigenvalue weighted by Gasteiger charge is -2.14. The summed E-state index contributed by atoms with van der Waals surface area (Å²) < 4.78 is 45.2. The highest BCUT2D eigenvalue weighted by Gasteiger charge is 2.31. The summed E-state index contributed by atoms with van der Waals surface area (Å²) in [5.41, 5.74) is 0.261. The van der Waals surface area contributed by atoms with Gasteiger partial charge in [-0.1, -0.05) is 6.92 Å². The summed E-state index contributed by atoms with van der Waals surface area (Å²) >= 11 is 5.86. The molecular formula is C14H16ClF3N2O. The van der Waals surface area contributed by atoms with Gasteiger partial charge in [-0.2, -0.15) is 13.2 Å². The van der Waals surface area contributed by atoms with Gasteiger partial charge in [-0.15, -0.1) is 11.6 Å². The Morgan fingerprint density at radius 3 is 2.67 bits per heavy atom. The first kappa shape index (κ1) is 16.1. The number of nitrogens with zero attached hydrogens (tertiary/aromatic N) is 2. The summed E-state index contributed by atoms with van der Waals surface area (Å²) in [4.78, 5) is 4.21. The Labute approximate surface area is 125 Å². The summed E-state index contributed by atoms with van der Waals surface area (Å²) in [6.45, 7) is 3.15. The molecule has 2 rings (SSSR count). The SMILES string of the molecule is COCC(C)Cn1c(CCl)nc2cc(C(F)(F)F)ccc21. The van der Waals surface area contributed by atoms with Gasteiger partial charge in [0.15, 0.2) is 0 Å². The fourth-order valence-electron chi connectivity index (χ4n) is 2.31. The normalized spacial score (nSPS) is 13.8. The molecule has 2 aromatic rings. The summed E-state index contributed by atoms with van der Waals surface area (Å²) in [5.74, 6) is 0.918. The molecule has 21 heavy (non-hydrogen) atoms. The lowest BCUT2D eigenvalue weighted by atomic mass is 10.1. The van der Waals surface area contributed by atoms with Crippen LogP contribution in [0.15, 0.2) is 18.2 Å². The molecule has 1 aromatic carbocycles. The van der Waals surface area contributed by atoms with Crippen molar-refractivity contribution in [1.82, 2.24) is 9.55 Å². The Hall–Kier alpha value is -1.27. The van der Waals surface area contributed by atoms with Gasteiger partial charge in [0.2, 0.25) is 0 Å². The first-order valence-electron chi connectivity index (χ1n) is 6.48. The number of methoxy groups -OCH3 is 1. The van der Waals surface area contributed by atoms with E-state index >= 15 is 0 Å². The third-order valence-electron chi connectivity index (χ3n) is 3.22. The van der Waals surface area contributed by atoms with Crippen LogP contribution >= 0.6 is 11.6 Å². The zero-order valence-corrected chi connectivity index (χ0v) is 12.5. The van der Waals surface area contributed by atoms with Crippen LogP contribution in [0.2, 0.25) is 0 Å². The largest absolute Gasteiger partial charge is 0.416 e. The van der Waals surface area contributed by atoms with Gasteiger partial charge in [0.1, 0.15) is 5.82 Å². The van der Waals surface area contributed by atoms with E-state index < -0.39 is 11.7 Å². The van der Waals surface area contributed by atoms with Crippen molar-refractivity contribution >= 4 is 22.6 Å². The Bertz CT molecular complexity index is 624. The number of halogens is 4. The van der Waals surface area contributed by atoms with Crippen LogP contribution in [0.4, 0.5) is 13.2 Å². The Kier molecular flexibility index (Phi) is 4.78. The van der Waals surface area contributed by atoms with Crippen LogP contribution in [-0.4, -0.2) is 23.3 Å². The van der Waals surface area contributed by atoms with Crippen molar-refractivity contribution in [3.63, 3.8) is 0 Å². The first-order chi connectivity index (χ1) is 9.86. The number of alkyl halides is 4. The molecule has 1 unspecified atom stereocenters. The number of rotatable bonds is 5. The maximum atomic E-state index is 12.7. The fraction of sp³-hybridized carbons (Fsp3) is 0.500. The minimum absolute atomic E-state index is 0.149. The lowest BCUT2D eigenvalue weighted by Crippen LogP contribution is -2.14. The molecule has 0 spiro atoms. The highest BCUT2D eigenvalue weighted by Crippen LogP contribution is 2.31. The molecule has 0 fully saturated rings. The molecule has 7 heteroatoms. The third kappa shape index (κ3) is 3.49. The van der Waals surface area contributed by atoms with Gasteiger partial charge in [0.05, 0.1) is 29.1 Å². The van der Waals surface area contributed by atoms with Gasteiger partial charge in [-0.3, -0.25) is 0 Å². The molecule has 0 aliphatic rings. The molecule has 0 aliphatic carbocycles. The molecule has 0 N–H and O–H groups in total. The second kappa shape index (κ2) is 6.23. The van der Waals surface area contributed by atoms with Crippen molar-refractivity contribution in [1.29, 1.82) is 0 Å². The number of imidazole rings is 1. The number of aromatic nitrogens is 2. The van der Waals surface area contributed by atoms with Gasteiger partial charge in [0, 0.05) is 13.7 Å². The molecule has 3 nitrogen and oxygen atoms in total. The highest BCUT2D eigenvalue weighted by molar-refractivity contribution is 6.16. The van der Waals surface area contributed by atoms with Crippen molar-refractivity contribution in [2.45, 2.75) is 25.5 Å². The predicted molar refractivity (Wildman–Crippen MR) is 75.3 cm³/mol. The summed E-state index contributed by atoms with van der Waals surface area (Å²) in [6, 6.07) is 3.57. The number of hydrogen-bond acceptors (Lipinski definition) is 2. The van der Waals surface area contributed by atoms with Crippen LogP contribution in [0.25, 0.3) is 11.0 Å². The molecule has 1 aromatic heterocycles. The Morgan fingerprint density at radius 2 is 2.10 bits per heavy atom. The van der Waals surface area contributed by atoms with Crippen LogP contribution in [0.3, 0.4) is 0 Å². The molecule has 1 atom stereocenters. The first-order valence-corrected chi connectivity index (χ1v) is 7.01. The third-order valence-corrected chi connectivity index (χ3v) is 3.46. The Morgan fingerprint density at radius 1 is 1.38 bits per heavy atom. The van der Waals surface area contributed by atoms with Crippen molar-refractivity contribution in [3.05, 3.63) is 29.6 Å². The number of hydrogen-bond donors (Lipinski definition) is 0. The van der Waals surface area contributed by atoms with E-state index in [4.69, 9.17) is 16.3 Å². The van der Waals surface area contributed by atoms with Crippen molar-refractivity contribution < 1.29 is 17.9 Å². The average Bonchev–Trinajstić information content (AvgIpc) is 2.75.